The van der Waals surface area contributed by atoms with Crippen LogP contribution >= 0.6 is 22.9 Å². The lowest BCUT2D eigenvalue weighted by Crippen LogP contribution is -2.18. The molecule has 0 aromatic carbocycles. The average Bonchev–Trinajstić information content (AvgIpc) is 2.51. The third-order valence-electron chi connectivity index (χ3n) is 1.48. The summed E-state index contributed by atoms with van der Waals surface area (Å²) in [6, 6.07) is 0.299. The predicted molar refractivity (Wildman–Crippen MR) is 53.5 cm³/mol. The van der Waals surface area contributed by atoms with Crippen LogP contribution in [-0.2, 0) is 0 Å². The minimum atomic E-state index is 0.299. The Kier molecular flexibility index (Phi) is 3.72. The van der Waals surface area contributed by atoms with Gasteiger partial charge in [-0.15, -0.1) is 11.3 Å². The molecule has 0 aliphatic carbocycles. The number of thiazole rings is 1. The molecule has 0 saturated carbocycles. The van der Waals surface area contributed by atoms with E-state index in [1.165, 1.54) is 4.88 Å². The van der Waals surface area contributed by atoms with E-state index in [4.69, 9.17) is 11.6 Å². The molecule has 0 bridgehead atoms. The molecule has 1 aromatic heterocycles. The van der Waals surface area contributed by atoms with Gasteiger partial charge in [0.25, 0.3) is 0 Å². The Bertz CT molecular complexity index is 246. The number of nitrogens with one attached hydrogen (secondary N) is 1. The third-order valence-corrected chi connectivity index (χ3v) is 2.57. The zero-order valence-corrected chi connectivity index (χ0v) is 8.45. The van der Waals surface area contributed by atoms with Crippen LogP contribution in [-0.4, -0.2) is 11.5 Å². The van der Waals surface area contributed by atoms with Gasteiger partial charge >= 0.3 is 0 Å². The Balaban J connectivity index is 2.39. The van der Waals surface area contributed by atoms with Crippen LogP contribution in [0.1, 0.15) is 17.8 Å². The Morgan fingerprint density at radius 3 is 3.17 bits per heavy atom. The van der Waals surface area contributed by atoms with Gasteiger partial charge in [-0.1, -0.05) is 18.2 Å². The zero-order chi connectivity index (χ0) is 8.97. The highest BCUT2D eigenvalue weighted by atomic mass is 35.5. The molecule has 0 radical (unpaired) electrons. The highest BCUT2D eigenvalue weighted by Gasteiger charge is 2.05. The molecule has 66 valence electrons. The topological polar surface area (TPSA) is 24.9 Å². The molecular formula is C8H11ClN2S. The molecule has 1 aromatic rings. The number of rotatable bonds is 4. The first-order valence-electron chi connectivity index (χ1n) is 3.65. The number of hydrogen-bond acceptors (Lipinski definition) is 3. The smallest absolute Gasteiger partial charge is 0.0794 e. The van der Waals surface area contributed by atoms with Gasteiger partial charge in [-0.3, -0.25) is 4.98 Å². The Hall–Kier alpha value is -0.380. The van der Waals surface area contributed by atoms with Crippen molar-refractivity contribution in [1.29, 1.82) is 0 Å². The van der Waals surface area contributed by atoms with E-state index in [9.17, 15) is 0 Å². The summed E-state index contributed by atoms with van der Waals surface area (Å²) in [7, 11) is 0. The molecule has 0 saturated heterocycles. The molecular weight excluding hydrogens is 192 g/mol. The van der Waals surface area contributed by atoms with Gasteiger partial charge in [0.05, 0.1) is 5.51 Å². The van der Waals surface area contributed by atoms with Crippen LogP contribution < -0.4 is 5.32 Å². The fraction of sp³-hybridized carbons (Fsp3) is 0.375. The molecule has 1 N–H and O–H groups in total. The zero-order valence-electron chi connectivity index (χ0n) is 6.88. The highest BCUT2D eigenvalue weighted by Crippen LogP contribution is 2.16. The average molecular weight is 203 g/mol. The van der Waals surface area contributed by atoms with Crippen LogP contribution in [0.25, 0.3) is 0 Å². The van der Waals surface area contributed by atoms with Crippen molar-refractivity contribution in [2.75, 3.05) is 6.54 Å². The van der Waals surface area contributed by atoms with Gasteiger partial charge in [0.15, 0.2) is 0 Å². The summed E-state index contributed by atoms with van der Waals surface area (Å²) in [6.45, 7) is 6.32. The van der Waals surface area contributed by atoms with Crippen LogP contribution in [0.5, 0.6) is 0 Å². The van der Waals surface area contributed by atoms with Gasteiger partial charge in [-0.25, -0.2) is 0 Å². The highest BCUT2D eigenvalue weighted by molar-refractivity contribution is 7.09. The molecule has 0 amide bonds. The van der Waals surface area contributed by atoms with Crippen LogP contribution in [0.4, 0.5) is 0 Å². The molecule has 1 atom stereocenters. The molecule has 1 unspecified atom stereocenters. The second-order valence-corrected chi connectivity index (χ2v) is 3.98. The van der Waals surface area contributed by atoms with Crippen molar-refractivity contribution in [2.24, 2.45) is 0 Å². The maximum Gasteiger partial charge on any atom is 0.0794 e. The van der Waals surface area contributed by atoms with Crippen LogP contribution in [0.3, 0.4) is 0 Å². The van der Waals surface area contributed by atoms with Crippen molar-refractivity contribution in [1.82, 2.24) is 10.3 Å². The first kappa shape index (κ1) is 9.71. The molecule has 0 fully saturated rings. The minimum absolute atomic E-state index is 0.299. The van der Waals surface area contributed by atoms with Crippen molar-refractivity contribution < 1.29 is 0 Å². The van der Waals surface area contributed by atoms with Gasteiger partial charge in [-0.05, 0) is 6.92 Å². The molecule has 12 heavy (non-hydrogen) atoms. The molecule has 1 heterocycles. The van der Waals surface area contributed by atoms with Crippen molar-refractivity contribution in [3.63, 3.8) is 0 Å². The standard InChI is InChI=1S/C8H11ClN2S/c1-6(9)3-11-7(2)8-4-10-5-12-8/h4-5,7,11H,1,3H2,2H3. The Labute approximate surface area is 81.3 Å². The maximum absolute atomic E-state index is 5.61. The van der Waals surface area contributed by atoms with Gasteiger partial charge < -0.3 is 5.32 Å². The van der Waals surface area contributed by atoms with E-state index in [1.54, 1.807) is 11.3 Å². The third kappa shape index (κ3) is 2.93. The summed E-state index contributed by atoms with van der Waals surface area (Å²) < 4.78 is 0. The molecule has 0 aliphatic rings. The van der Waals surface area contributed by atoms with Crippen LogP contribution in [0.2, 0.25) is 0 Å². The number of aromatic nitrogens is 1. The van der Waals surface area contributed by atoms with Gasteiger partial charge in [-0.2, -0.15) is 0 Å². The lowest BCUT2D eigenvalue weighted by molar-refractivity contribution is 0.623. The lowest BCUT2D eigenvalue weighted by Gasteiger charge is -2.09. The molecule has 2 nitrogen and oxygen atoms in total. The predicted octanol–water partition coefficient (Wildman–Crippen LogP) is 2.55. The first-order valence-corrected chi connectivity index (χ1v) is 4.91. The van der Waals surface area contributed by atoms with Crippen molar-refractivity contribution in [3.05, 3.63) is 28.2 Å². The number of hydrogen-bond donors (Lipinski definition) is 1. The van der Waals surface area contributed by atoms with E-state index in [1.807, 2.05) is 11.7 Å². The summed E-state index contributed by atoms with van der Waals surface area (Å²) >= 11 is 7.25. The van der Waals surface area contributed by atoms with E-state index < -0.39 is 0 Å². The van der Waals surface area contributed by atoms with Crippen molar-refractivity contribution in [2.45, 2.75) is 13.0 Å². The first-order chi connectivity index (χ1) is 5.70. The fourth-order valence-electron chi connectivity index (χ4n) is 0.804. The fourth-order valence-corrected chi connectivity index (χ4v) is 1.53. The number of halogens is 1. The van der Waals surface area contributed by atoms with E-state index in [-0.39, 0.29) is 0 Å². The second-order valence-electron chi connectivity index (χ2n) is 2.52. The molecule has 0 spiro atoms. The summed E-state index contributed by atoms with van der Waals surface area (Å²) in [6.07, 6.45) is 1.86. The Morgan fingerprint density at radius 2 is 2.67 bits per heavy atom. The second kappa shape index (κ2) is 4.60. The summed E-state index contributed by atoms with van der Waals surface area (Å²) in [5.74, 6) is 0. The van der Waals surface area contributed by atoms with Gasteiger partial charge in [0.2, 0.25) is 0 Å². The van der Waals surface area contributed by atoms with Gasteiger partial charge in [0.1, 0.15) is 0 Å². The van der Waals surface area contributed by atoms with Crippen molar-refractivity contribution in [3.8, 4) is 0 Å². The van der Waals surface area contributed by atoms with E-state index in [2.05, 4.69) is 23.8 Å². The SMILES string of the molecule is C=C(Cl)CNC(C)c1cncs1. The summed E-state index contributed by atoms with van der Waals surface area (Å²) in [5, 5.41) is 3.85. The maximum atomic E-state index is 5.61. The molecule has 0 aliphatic heterocycles. The normalized spacial score (nSPS) is 12.8. The largest absolute Gasteiger partial charge is 0.304 e. The summed E-state index contributed by atoms with van der Waals surface area (Å²) in [4.78, 5) is 5.21. The van der Waals surface area contributed by atoms with E-state index in [0.29, 0.717) is 17.6 Å². The van der Waals surface area contributed by atoms with Crippen LogP contribution in [0.15, 0.2) is 23.3 Å². The Morgan fingerprint density at radius 1 is 1.92 bits per heavy atom. The van der Waals surface area contributed by atoms with Crippen LogP contribution in [0, 0.1) is 0 Å². The number of nitrogens with zero attached hydrogens (tertiary/aromatic N) is 1. The summed E-state index contributed by atoms with van der Waals surface area (Å²) in [5.41, 5.74) is 1.82. The molecule has 4 heteroatoms. The van der Waals surface area contributed by atoms with Crippen molar-refractivity contribution >= 4 is 22.9 Å². The van der Waals surface area contributed by atoms with E-state index >= 15 is 0 Å². The lowest BCUT2D eigenvalue weighted by atomic mass is 10.3. The monoisotopic (exact) mass is 202 g/mol. The van der Waals surface area contributed by atoms with Gasteiger partial charge in [0, 0.05) is 28.7 Å². The molecule has 1 rings (SSSR count). The van der Waals surface area contributed by atoms with E-state index in [0.717, 1.165) is 0 Å². The quantitative estimate of drug-likeness (QED) is 0.812. The minimum Gasteiger partial charge on any atom is -0.304 e.